The minimum atomic E-state index is -0.500. The summed E-state index contributed by atoms with van der Waals surface area (Å²) in [4.78, 5) is 27.0. The minimum absolute atomic E-state index is 0.0790. The van der Waals surface area contributed by atoms with Crippen molar-refractivity contribution in [1.82, 2.24) is 20.8 Å². The van der Waals surface area contributed by atoms with Crippen molar-refractivity contribution in [3.05, 3.63) is 60.0 Å². The van der Waals surface area contributed by atoms with E-state index in [0.29, 0.717) is 12.1 Å². The summed E-state index contributed by atoms with van der Waals surface area (Å²) < 4.78 is 13.3. The fourth-order valence-electron chi connectivity index (χ4n) is 4.00. The Balaban J connectivity index is 1.51. The van der Waals surface area contributed by atoms with Crippen molar-refractivity contribution in [1.29, 1.82) is 0 Å². The van der Waals surface area contributed by atoms with Gasteiger partial charge in [-0.25, -0.2) is 9.18 Å². The van der Waals surface area contributed by atoms with Gasteiger partial charge in [0, 0.05) is 17.6 Å². The third-order valence-electron chi connectivity index (χ3n) is 5.29. The summed E-state index contributed by atoms with van der Waals surface area (Å²) in [5, 5.41) is 13.5. The maximum Gasteiger partial charge on any atom is 0.315 e. The van der Waals surface area contributed by atoms with Crippen LogP contribution in [0.5, 0.6) is 0 Å². The lowest BCUT2D eigenvalue weighted by atomic mass is 9.87. The van der Waals surface area contributed by atoms with Gasteiger partial charge in [-0.15, -0.1) is 0 Å². The van der Waals surface area contributed by atoms with Crippen LogP contribution in [0.4, 0.5) is 14.9 Å². The number of halogens is 1. The molecule has 2 aliphatic rings. The Morgan fingerprint density at radius 2 is 1.89 bits per heavy atom. The van der Waals surface area contributed by atoms with E-state index in [0.717, 1.165) is 16.6 Å². The van der Waals surface area contributed by atoms with Gasteiger partial charge in [0.25, 0.3) is 0 Å². The van der Waals surface area contributed by atoms with Crippen molar-refractivity contribution in [2.24, 2.45) is 5.92 Å². The van der Waals surface area contributed by atoms with E-state index >= 15 is 0 Å². The zero-order chi connectivity index (χ0) is 18.5. The summed E-state index contributed by atoms with van der Waals surface area (Å²) in [6, 6.07) is 10.4. The zero-order valence-electron chi connectivity index (χ0n) is 14.1. The minimum Gasteiger partial charge on any atom is -0.333 e. The number of amides is 3. The number of H-pyrrole nitrogens is 1. The third kappa shape index (κ3) is 2.52. The molecule has 2 fully saturated rings. The van der Waals surface area contributed by atoms with Gasteiger partial charge in [0.2, 0.25) is 5.91 Å². The fraction of sp³-hybridized carbons (Fsp3) is 0.211. The van der Waals surface area contributed by atoms with Crippen LogP contribution in [0.25, 0.3) is 10.9 Å². The number of hydrogen-bond donors (Lipinski definition) is 3. The third-order valence-corrected chi connectivity index (χ3v) is 5.29. The molecule has 0 spiro atoms. The van der Waals surface area contributed by atoms with Gasteiger partial charge in [-0.2, -0.15) is 5.10 Å². The van der Waals surface area contributed by atoms with Crippen molar-refractivity contribution >= 4 is 28.5 Å². The molecular weight excluding hydrogens is 349 g/mol. The summed E-state index contributed by atoms with van der Waals surface area (Å²) in [6.45, 7) is 0.387. The SMILES string of the molecule is O=C1NC2CN(c3ccc4[nH]ncc4c3)C(=O)C2C(c2ccc(F)cc2)N1. The highest BCUT2D eigenvalue weighted by Gasteiger charge is 2.49. The lowest BCUT2D eigenvalue weighted by molar-refractivity contribution is -0.121. The number of nitrogens with one attached hydrogen (secondary N) is 3. The van der Waals surface area contributed by atoms with Crippen LogP contribution in [0.2, 0.25) is 0 Å². The molecule has 27 heavy (non-hydrogen) atoms. The van der Waals surface area contributed by atoms with Gasteiger partial charge in [-0.3, -0.25) is 9.89 Å². The molecule has 3 N–H and O–H groups in total. The highest BCUT2D eigenvalue weighted by Crippen LogP contribution is 2.36. The first-order valence-electron chi connectivity index (χ1n) is 8.67. The van der Waals surface area contributed by atoms with E-state index < -0.39 is 12.0 Å². The molecule has 3 unspecified atom stereocenters. The van der Waals surface area contributed by atoms with Gasteiger partial charge in [-0.05, 0) is 35.9 Å². The second kappa shape index (κ2) is 5.80. The summed E-state index contributed by atoms with van der Waals surface area (Å²) in [6.07, 6.45) is 1.71. The molecule has 0 bridgehead atoms. The van der Waals surface area contributed by atoms with E-state index in [1.165, 1.54) is 12.1 Å². The lowest BCUT2D eigenvalue weighted by Gasteiger charge is -2.33. The molecule has 0 radical (unpaired) electrons. The van der Waals surface area contributed by atoms with Gasteiger partial charge in [0.15, 0.2) is 0 Å². The number of urea groups is 1. The van der Waals surface area contributed by atoms with Gasteiger partial charge in [-0.1, -0.05) is 12.1 Å². The number of nitrogens with zero attached hydrogens (tertiary/aromatic N) is 2. The van der Waals surface area contributed by atoms with Crippen LogP contribution >= 0.6 is 0 Å². The number of benzene rings is 2. The van der Waals surface area contributed by atoms with Gasteiger partial charge < -0.3 is 15.5 Å². The topological polar surface area (TPSA) is 90.1 Å². The van der Waals surface area contributed by atoms with Crippen LogP contribution < -0.4 is 15.5 Å². The van der Waals surface area contributed by atoms with Gasteiger partial charge in [0.1, 0.15) is 5.82 Å². The molecule has 2 saturated heterocycles. The lowest BCUT2D eigenvalue weighted by Crippen LogP contribution is -2.56. The van der Waals surface area contributed by atoms with Crippen molar-refractivity contribution in [3.8, 4) is 0 Å². The molecule has 3 heterocycles. The molecule has 8 heteroatoms. The number of aromatic amines is 1. The Bertz CT molecular complexity index is 1050. The highest BCUT2D eigenvalue weighted by molar-refractivity contribution is 6.01. The van der Waals surface area contributed by atoms with E-state index in [1.54, 1.807) is 23.2 Å². The molecule has 5 rings (SSSR count). The summed E-state index contributed by atoms with van der Waals surface area (Å²) >= 11 is 0. The predicted octanol–water partition coefficient (Wildman–Crippen LogP) is 2.09. The summed E-state index contributed by atoms with van der Waals surface area (Å²) in [7, 11) is 0. The van der Waals surface area contributed by atoms with E-state index in [2.05, 4.69) is 20.8 Å². The van der Waals surface area contributed by atoms with Crippen LogP contribution in [-0.2, 0) is 4.79 Å². The van der Waals surface area contributed by atoms with E-state index in [9.17, 15) is 14.0 Å². The fourth-order valence-corrected chi connectivity index (χ4v) is 4.00. The largest absolute Gasteiger partial charge is 0.333 e. The molecule has 136 valence electrons. The number of aromatic nitrogens is 2. The van der Waals surface area contributed by atoms with Crippen molar-refractivity contribution in [2.45, 2.75) is 12.1 Å². The quantitative estimate of drug-likeness (QED) is 0.650. The molecule has 0 saturated carbocycles. The first-order chi connectivity index (χ1) is 13.1. The first-order valence-corrected chi connectivity index (χ1v) is 8.67. The Labute approximate surface area is 153 Å². The Morgan fingerprint density at radius 3 is 2.70 bits per heavy atom. The average Bonchev–Trinajstić information content (AvgIpc) is 3.25. The number of anilines is 1. The molecule has 3 amide bonds. The highest BCUT2D eigenvalue weighted by atomic mass is 19.1. The Morgan fingerprint density at radius 1 is 1.07 bits per heavy atom. The molecule has 3 aromatic rings. The maximum atomic E-state index is 13.3. The average molecular weight is 365 g/mol. The monoisotopic (exact) mass is 365 g/mol. The molecule has 0 aliphatic carbocycles. The maximum absolute atomic E-state index is 13.3. The molecule has 2 aromatic carbocycles. The number of rotatable bonds is 2. The summed E-state index contributed by atoms with van der Waals surface area (Å²) in [5.74, 6) is -0.902. The Hall–Kier alpha value is -3.42. The van der Waals surface area contributed by atoms with Gasteiger partial charge >= 0.3 is 6.03 Å². The number of carbonyl (C=O) groups is 2. The smallest absolute Gasteiger partial charge is 0.315 e. The number of carbonyl (C=O) groups excluding carboxylic acids is 2. The first kappa shape index (κ1) is 15.8. The molecule has 3 atom stereocenters. The van der Waals surface area contributed by atoms with E-state index in [-0.39, 0.29) is 23.8 Å². The second-order valence-corrected chi connectivity index (χ2v) is 6.87. The van der Waals surface area contributed by atoms with Crippen LogP contribution in [0.15, 0.2) is 48.7 Å². The predicted molar refractivity (Wildman–Crippen MR) is 96.5 cm³/mol. The van der Waals surface area contributed by atoms with E-state index in [1.807, 2.05) is 18.2 Å². The van der Waals surface area contributed by atoms with Crippen LogP contribution in [0.3, 0.4) is 0 Å². The second-order valence-electron chi connectivity index (χ2n) is 6.87. The van der Waals surface area contributed by atoms with Gasteiger partial charge in [0.05, 0.1) is 29.7 Å². The number of fused-ring (bicyclic) bond motifs is 2. The van der Waals surface area contributed by atoms with Crippen LogP contribution in [-0.4, -0.2) is 34.7 Å². The zero-order valence-corrected chi connectivity index (χ0v) is 14.1. The molecular formula is C19H16FN5O2. The molecule has 2 aliphatic heterocycles. The standard InChI is InChI=1S/C19H16FN5O2/c20-12-3-1-10(2-4-12)17-16-15(22-19(27)23-17)9-25(18(16)26)13-5-6-14-11(7-13)8-21-24-14/h1-8,15-17H,9H2,(H,21,24)(H2,22,23,27). The molecule has 1 aromatic heterocycles. The summed E-state index contributed by atoms with van der Waals surface area (Å²) in [5.41, 5.74) is 2.36. The van der Waals surface area contributed by atoms with Crippen molar-refractivity contribution in [3.63, 3.8) is 0 Å². The molecule has 7 nitrogen and oxygen atoms in total. The van der Waals surface area contributed by atoms with Crippen molar-refractivity contribution < 1.29 is 14.0 Å². The van der Waals surface area contributed by atoms with Crippen LogP contribution in [0.1, 0.15) is 11.6 Å². The van der Waals surface area contributed by atoms with E-state index in [4.69, 9.17) is 0 Å². The normalized spacial score (nSPS) is 24.6. The Kier molecular flexibility index (Phi) is 3.40. The van der Waals surface area contributed by atoms with Crippen LogP contribution in [0, 0.1) is 11.7 Å². The number of hydrogen-bond acceptors (Lipinski definition) is 3. The van der Waals surface area contributed by atoms with Crippen molar-refractivity contribution in [2.75, 3.05) is 11.4 Å².